The molecule has 0 aliphatic carbocycles. The van der Waals surface area contributed by atoms with Crippen molar-refractivity contribution in [2.45, 2.75) is 70.5 Å². The van der Waals surface area contributed by atoms with E-state index in [1.165, 1.54) is 22.5 Å². The first-order chi connectivity index (χ1) is 18.3. The van der Waals surface area contributed by atoms with Crippen LogP contribution in [0.4, 0.5) is 0 Å². The molecule has 2 atom stereocenters. The number of thiazole rings is 1. The minimum atomic E-state index is -0.314. The molecule has 5 rings (SSSR count). The van der Waals surface area contributed by atoms with E-state index in [0.29, 0.717) is 6.04 Å². The van der Waals surface area contributed by atoms with Gasteiger partial charge in [0.1, 0.15) is 4.88 Å². The zero-order valence-electron chi connectivity index (χ0n) is 22.7. The molecule has 200 valence electrons. The van der Waals surface area contributed by atoms with E-state index < -0.39 is 0 Å². The second kappa shape index (κ2) is 11.4. The van der Waals surface area contributed by atoms with Crippen molar-refractivity contribution in [1.82, 2.24) is 20.1 Å². The molecule has 2 aliphatic rings. The van der Waals surface area contributed by atoms with Crippen molar-refractivity contribution in [3.8, 4) is 0 Å². The van der Waals surface area contributed by atoms with Crippen LogP contribution in [-0.2, 0) is 16.8 Å². The van der Waals surface area contributed by atoms with E-state index in [1.807, 2.05) is 26.0 Å². The fraction of sp³-hybridized carbons (Fsp3) is 0.452. The van der Waals surface area contributed by atoms with Gasteiger partial charge in [0, 0.05) is 38.6 Å². The zero-order chi connectivity index (χ0) is 26.7. The Balaban J connectivity index is 1.33. The van der Waals surface area contributed by atoms with Gasteiger partial charge in [0.15, 0.2) is 0 Å². The number of hydrogen-bond donors (Lipinski definition) is 1. The van der Waals surface area contributed by atoms with Crippen molar-refractivity contribution in [1.29, 1.82) is 0 Å². The fourth-order valence-electron chi connectivity index (χ4n) is 6.42. The minimum Gasteiger partial charge on any atom is -0.347 e. The van der Waals surface area contributed by atoms with E-state index in [4.69, 9.17) is 0 Å². The van der Waals surface area contributed by atoms with E-state index in [1.54, 1.807) is 6.92 Å². The standard InChI is InChI=1S/C31H38N4O2S/c1-22-29(38-24(3)32-22)30(37)35-17-14-27(21-28(35)20-25-10-6-4-7-11-25)34-18-15-31(16-19-34,33-23(2)36)26-12-8-5-9-13-26/h4-13,27-28H,14-21H2,1-3H3,(H,33,36)/t27-,28+/m0/s1. The summed E-state index contributed by atoms with van der Waals surface area (Å²) in [5, 5.41) is 4.24. The molecular weight excluding hydrogens is 492 g/mol. The summed E-state index contributed by atoms with van der Waals surface area (Å²) in [5.74, 6) is 0.144. The van der Waals surface area contributed by atoms with Crippen molar-refractivity contribution in [3.63, 3.8) is 0 Å². The molecule has 2 fully saturated rings. The number of hydrogen-bond acceptors (Lipinski definition) is 5. The van der Waals surface area contributed by atoms with Crippen LogP contribution >= 0.6 is 11.3 Å². The Bertz CT molecular complexity index is 1250. The minimum absolute atomic E-state index is 0.0191. The lowest BCUT2D eigenvalue weighted by Gasteiger charge is -2.48. The molecule has 3 aromatic rings. The number of nitrogens with zero attached hydrogens (tertiary/aromatic N) is 3. The molecule has 0 saturated carbocycles. The number of likely N-dealkylation sites (tertiary alicyclic amines) is 2. The maximum Gasteiger partial charge on any atom is 0.266 e. The van der Waals surface area contributed by atoms with E-state index in [-0.39, 0.29) is 23.4 Å². The molecule has 1 aromatic heterocycles. The molecule has 0 unspecified atom stereocenters. The van der Waals surface area contributed by atoms with Crippen molar-refractivity contribution in [2.75, 3.05) is 19.6 Å². The predicted octanol–water partition coefficient (Wildman–Crippen LogP) is 5.10. The number of nitrogens with one attached hydrogen (secondary N) is 1. The molecule has 38 heavy (non-hydrogen) atoms. The van der Waals surface area contributed by atoms with Gasteiger partial charge in [-0.3, -0.25) is 9.59 Å². The third-order valence-electron chi connectivity index (χ3n) is 8.27. The third kappa shape index (κ3) is 5.69. The summed E-state index contributed by atoms with van der Waals surface area (Å²) < 4.78 is 0. The highest BCUT2D eigenvalue weighted by molar-refractivity contribution is 7.13. The summed E-state index contributed by atoms with van der Waals surface area (Å²) >= 11 is 1.51. The van der Waals surface area contributed by atoms with Crippen molar-refractivity contribution in [2.24, 2.45) is 0 Å². The van der Waals surface area contributed by atoms with Crippen molar-refractivity contribution >= 4 is 23.2 Å². The van der Waals surface area contributed by atoms with Gasteiger partial charge >= 0.3 is 0 Å². The lowest BCUT2D eigenvalue weighted by molar-refractivity contribution is -0.121. The van der Waals surface area contributed by atoms with Gasteiger partial charge in [0.25, 0.3) is 5.91 Å². The first kappa shape index (κ1) is 26.6. The van der Waals surface area contributed by atoms with E-state index >= 15 is 0 Å². The molecule has 0 spiro atoms. The van der Waals surface area contributed by atoms with Gasteiger partial charge in [-0.05, 0) is 57.1 Å². The number of benzene rings is 2. The van der Waals surface area contributed by atoms with Gasteiger partial charge in [-0.1, -0.05) is 60.7 Å². The Morgan fingerprint density at radius 3 is 2.26 bits per heavy atom. The number of aryl methyl sites for hydroxylation is 2. The van der Waals surface area contributed by atoms with Crippen LogP contribution in [0.3, 0.4) is 0 Å². The molecule has 3 heterocycles. The Kier molecular flexibility index (Phi) is 7.96. The summed E-state index contributed by atoms with van der Waals surface area (Å²) in [7, 11) is 0. The average molecular weight is 531 g/mol. The molecule has 2 amide bonds. The predicted molar refractivity (Wildman–Crippen MR) is 152 cm³/mol. The highest BCUT2D eigenvalue weighted by atomic mass is 32.1. The highest BCUT2D eigenvalue weighted by Gasteiger charge is 2.41. The van der Waals surface area contributed by atoms with E-state index in [0.717, 1.165) is 67.3 Å². The Morgan fingerprint density at radius 2 is 1.66 bits per heavy atom. The van der Waals surface area contributed by atoms with Crippen LogP contribution in [0.1, 0.15) is 64.1 Å². The van der Waals surface area contributed by atoms with Gasteiger partial charge in [0.05, 0.1) is 16.2 Å². The topological polar surface area (TPSA) is 65.5 Å². The van der Waals surface area contributed by atoms with Crippen molar-refractivity contribution in [3.05, 3.63) is 87.4 Å². The molecule has 1 N–H and O–H groups in total. The van der Waals surface area contributed by atoms with Crippen LogP contribution in [0.25, 0.3) is 0 Å². The molecular formula is C31H38N4O2S. The van der Waals surface area contributed by atoms with Crippen LogP contribution in [0.2, 0.25) is 0 Å². The number of rotatable bonds is 6. The maximum atomic E-state index is 13.7. The van der Waals surface area contributed by atoms with Crippen LogP contribution in [0.5, 0.6) is 0 Å². The number of carbonyl (C=O) groups excluding carboxylic acids is 2. The molecule has 2 aliphatic heterocycles. The van der Waals surface area contributed by atoms with Crippen LogP contribution in [0, 0.1) is 13.8 Å². The fourth-order valence-corrected chi connectivity index (χ4v) is 7.30. The monoisotopic (exact) mass is 530 g/mol. The number of aromatic nitrogens is 1. The van der Waals surface area contributed by atoms with Crippen LogP contribution < -0.4 is 5.32 Å². The maximum absolute atomic E-state index is 13.7. The largest absolute Gasteiger partial charge is 0.347 e. The summed E-state index contributed by atoms with van der Waals surface area (Å²) in [6.07, 6.45) is 4.55. The normalized spacial score (nSPS) is 21.7. The zero-order valence-corrected chi connectivity index (χ0v) is 23.5. The molecule has 0 radical (unpaired) electrons. The molecule has 0 bridgehead atoms. The summed E-state index contributed by atoms with van der Waals surface area (Å²) in [6.45, 7) is 8.14. The molecule has 2 saturated heterocycles. The summed E-state index contributed by atoms with van der Waals surface area (Å²) in [4.78, 5) is 35.9. The van der Waals surface area contributed by atoms with Gasteiger partial charge < -0.3 is 15.1 Å². The molecule has 6 nitrogen and oxygen atoms in total. The third-order valence-corrected chi connectivity index (χ3v) is 9.33. The second-order valence-corrected chi connectivity index (χ2v) is 12.0. The highest BCUT2D eigenvalue weighted by Crippen LogP contribution is 2.36. The number of amides is 2. The van der Waals surface area contributed by atoms with E-state index in [9.17, 15) is 9.59 Å². The summed E-state index contributed by atoms with van der Waals surface area (Å²) in [6, 6.07) is 21.5. The smallest absolute Gasteiger partial charge is 0.266 e. The van der Waals surface area contributed by atoms with Gasteiger partial charge in [-0.15, -0.1) is 11.3 Å². The number of carbonyl (C=O) groups is 2. The molecule has 7 heteroatoms. The van der Waals surface area contributed by atoms with Gasteiger partial charge in [0.2, 0.25) is 5.91 Å². The summed E-state index contributed by atoms with van der Waals surface area (Å²) in [5.41, 5.74) is 2.97. The van der Waals surface area contributed by atoms with Gasteiger partial charge in [-0.25, -0.2) is 4.98 Å². The quantitative estimate of drug-likeness (QED) is 0.481. The lowest BCUT2D eigenvalue weighted by Crippen LogP contribution is -2.57. The second-order valence-electron chi connectivity index (χ2n) is 10.8. The molecule has 2 aromatic carbocycles. The SMILES string of the molecule is CC(=O)NC1(c2ccccc2)CCN([C@H]2CCN(C(=O)c3sc(C)nc3C)[C@H](Cc3ccccc3)C2)CC1. The van der Waals surface area contributed by atoms with Crippen LogP contribution in [0.15, 0.2) is 60.7 Å². The lowest BCUT2D eigenvalue weighted by atomic mass is 9.79. The van der Waals surface area contributed by atoms with Gasteiger partial charge in [-0.2, -0.15) is 0 Å². The Morgan fingerprint density at radius 1 is 1.00 bits per heavy atom. The Labute approximate surface area is 230 Å². The van der Waals surface area contributed by atoms with Crippen molar-refractivity contribution < 1.29 is 9.59 Å². The van der Waals surface area contributed by atoms with E-state index in [2.05, 4.69) is 68.6 Å². The number of piperidine rings is 2. The Hall–Kier alpha value is -3.03. The van der Waals surface area contributed by atoms with Crippen LogP contribution in [-0.4, -0.2) is 58.3 Å². The first-order valence-corrected chi connectivity index (χ1v) is 14.5. The average Bonchev–Trinajstić information content (AvgIpc) is 3.27. The first-order valence-electron chi connectivity index (χ1n) is 13.7.